The highest BCUT2D eigenvalue weighted by Crippen LogP contribution is 2.24. The fraction of sp³-hybridized carbons (Fsp3) is 0.450. The molecule has 168 valence electrons. The first-order chi connectivity index (χ1) is 14.5. The summed E-state index contributed by atoms with van der Waals surface area (Å²) in [7, 11) is 1.39. The van der Waals surface area contributed by atoms with Crippen molar-refractivity contribution in [3.05, 3.63) is 41.2 Å². The Morgan fingerprint density at radius 1 is 1.29 bits per heavy atom. The molecule has 1 N–H and O–H groups in total. The summed E-state index contributed by atoms with van der Waals surface area (Å²) in [6.07, 6.45) is -4.64. The number of carbonyl (C=O) groups is 2. The Balaban J connectivity index is 1.58. The Bertz CT molecular complexity index is 967. The second kappa shape index (κ2) is 9.06. The number of rotatable bonds is 7. The molecule has 0 aliphatic carbocycles. The Hall–Kier alpha value is -2.92. The number of ether oxygens (including phenoxy) is 3. The largest absolute Gasteiger partial charge is 0.426 e. The van der Waals surface area contributed by atoms with Crippen LogP contribution in [0.25, 0.3) is 0 Å². The van der Waals surface area contributed by atoms with E-state index in [2.05, 4.69) is 10.3 Å². The maximum absolute atomic E-state index is 12.6. The Kier molecular flexibility index (Phi) is 6.65. The minimum absolute atomic E-state index is 0.00726. The van der Waals surface area contributed by atoms with Crippen molar-refractivity contribution in [2.45, 2.75) is 51.9 Å². The number of halogens is 3. The number of aromatic nitrogens is 2. The van der Waals surface area contributed by atoms with Gasteiger partial charge < -0.3 is 18.8 Å². The molecular formula is C20H22F3N3O5. The van der Waals surface area contributed by atoms with Crippen molar-refractivity contribution < 1.29 is 37.0 Å². The highest BCUT2D eigenvalue weighted by Gasteiger charge is 2.30. The topological polar surface area (TPSA) is 91.7 Å². The molecular weight excluding hydrogens is 419 g/mol. The molecule has 0 spiro atoms. The van der Waals surface area contributed by atoms with Gasteiger partial charge >= 0.3 is 12.1 Å². The average Bonchev–Trinajstić information content (AvgIpc) is 2.97. The Labute approximate surface area is 176 Å². The van der Waals surface area contributed by atoms with Gasteiger partial charge in [0.25, 0.3) is 5.91 Å². The summed E-state index contributed by atoms with van der Waals surface area (Å²) in [5.74, 6) is -0.721. The normalized spacial score (nSPS) is 18.4. The summed E-state index contributed by atoms with van der Waals surface area (Å²) in [6.45, 7) is 3.42. The third-order valence-corrected chi connectivity index (χ3v) is 4.62. The van der Waals surface area contributed by atoms with Crippen molar-refractivity contribution in [3.63, 3.8) is 0 Å². The lowest BCUT2D eigenvalue weighted by Gasteiger charge is -2.33. The number of nitrogens with zero attached hydrogens (tertiary/aromatic N) is 2. The number of carbonyl (C=O) groups excluding carboxylic acids is 2. The van der Waals surface area contributed by atoms with E-state index in [0.29, 0.717) is 17.7 Å². The van der Waals surface area contributed by atoms with Gasteiger partial charge in [0.2, 0.25) is 5.95 Å². The number of hydrogen-bond acceptors (Lipinski definition) is 6. The molecule has 0 saturated carbocycles. The molecule has 0 radical (unpaired) electrons. The highest BCUT2D eigenvalue weighted by molar-refractivity contribution is 6.03. The number of amides is 1. The minimum atomic E-state index is -4.38. The van der Waals surface area contributed by atoms with E-state index in [-0.39, 0.29) is 29.9 Å². The lowest BCUT2D eigenvalue weighted by molar-refractivity contribution is -0.376. The van der Waals surface area contributed by atoms with Gasteiger partial charge in [-0.15, -0.1) is 0 Å². The molecule has 31 heavy (non-hydrogen) atoms. The van der Waals surface area contributed by atoms with Gasteiger partial charge in [0.05, 0.1) is 19.0 Å². The van der Waals surface area contributed by atoms with Crippen molar-refractivity contribution in [2.75, 3.05) is 5.32 Å². The molecule has 1 saturated heterocycles. The first kappa shape index (κ1) is 22.8. The average molecular weight is 441 g/mol. The molecule has 1 aromatic carbocycles. The minimum Gasteiger partial charge on any atom is -0.426 e. The molecule has 1 aromatic heterocycles. The second-order valence-corrected chi connectivity index (χ2v) is 7.14. The molecule has 2 aromatic rings. The quantitative estimate of drug-likeness (QED) is 0.523. The second-order valence-electron chi connectivity index (χ2n) is 7.14. The maximum Gasteiger partial charge on any atom is 0.394 e. The molecule has 0 bridgehead atoms. The van der Waals surface area contributed by atoms with Crippen LogP contribution in [0.5, 0.6) is 5.75 Å². The van der Waals surface area contributed by atoms with E-state index >= 15 is 0 Å². The predicted molar refractivity (Wildman–Crippen MR) is 102 cm³/mol. The van der Waals surface area contributed by atoms with E-state index in [9.17, 15) is 22.8 Å². The third-order valence-electron chi connectivity index (χ3n) is 4.62. The summed E-state index contributed by atoms with van der Waals surface area (Å²) in [5, 5.41) is 2.48. The zero-order valence-electron chi connectivity index (χ0n) is 17.2. The SMILES string of the molecule is Cc1cc(C(=O)Nc2ncc(CC(F)(F)F)n2C)ccc1OC(=O)CCC1OC(C)O1. The van der Waals surface area contributed by atoms with Crippen molar-refractivity contribution in [2.24, 2.45) is 7.05 Å². The molecule has 0 atom stereocenters. The lowest BCUT2D eigenvalue weighted by Crippen LogP contribution is -2.39. The number of anilines is 1. The van der Waals surface area contributed by atoms with Gasteiger partial charge in [-0.2, -0.15) is 13.2 Å². The van der Waals surface area contributed by atoms with Gasteiger partial charge in [-0.1, -0.05) is 0 Å². The van der Waals surface area contributed by atoms with E-state index in [1.807, 2.05) is 0 Å². The van der Waals surface area contributed by atoms with Gasteiger partial charge in [0.15, 0.2) is 12.6 Å². The van der Waals surface area contributed by atoms with Crippen LogP contribution in [0, 0.1) is 6.92 Å². The van der Waals surface area contributed by atoms with Crippen LogP contribution in [0.2, 0.25) is 0 Å². The van der Waals surface area contributed by atoms with Crippen molar-refractivity contribution in [1.29, 1.82) is 0 Å². The summed E-state index contributed by atoms with van der Waals surface area (Å²) in [4.78, 5) is 28.3. The fourth-order valence-corrected chi connectivity index (χ4v) is 2.99. The van der Waals surface area contributed by atoms with Crippen LogP contribution in [-0.4, -0.2) is 40.2 Å². The molecule has 1 aliphatic rings. The lowest BCUT2D eigenvalue weighted by atomic mass is 10.1. The van der Waals surface area contributed by atoms with Crippen LogP contribution in [0.15, 0.2) is 24.4 Å². The van der Waals surface area contributed by atoms with Crippen LogP contribution in [0.4, 0.5) is 19.1 Å². The van der Waals surface area contributed by atoms with E-state index < -0.39 is 30.8 Å². The molecule has 8 nitrogen and oxygen atoms in total. The number of alkyl halides is 3. The zero-order valence-corrected chi connectivity index (χ0v) is 17.2. The first-order valence-corrected chi connectivity index (χ1v) is 9.53. The Morgan fingerprint density at radius 3 is 2.61 bits per heavy atom. The predicted octanol–water partition coefficient (Wildman–Crippen LogP) is 3.49. The number of hydrogen-bond donors (Lipinski definition) is 1. The summed E-state index contributed by atoms with van der Waals surface area (Å²) in [6, 6.07) is 4.44. The van der Waals surface area contributed by atoms with Crippen LogP contribution in [0.1, 0.15) is 41.4 Å². The number of aryl methyl sites for hydroxylation is 1. The smallest absolute Gasteiger partial charge is 0.394 e. The van der Waals surface area contributed by atoms with Crippen molar-refractivity contribution in [1.82, 2.24) is 9.55 Å². The fourth-order valence-electron chi connectivity index (χ4n) is 2.99. The molecule has 2 heterocycles. The van der Waals surface area contributed by atoms with E-state index in [4.69, 9.17) is 14.2 Å². The van der Waals surface area contributed by atoms with Crippen LogP contribution in [0.3, 0.4) is 0 Å². The van der Waals surface area contributed by atoms with Crippen LogP contribution < -0.4 is 10.1 Å². The molecule has 11 heteroatoms. The molecule has 0 unspecified atom stereocenters. The molecule has 1 amide bonds. The zero-order chi connectivity index (χ0) is 22.8. The molecule has 3 rings (SSSR count). The van der Waals surface area contributed by atoms with Gasteiger partial charge in [-0.05, 0) is 37.6 Å². The van der Waals surface area contributed by atoms with Crippen LogP contribution >= 0.6 is 0 Å². The molecule has 1 fully saturated rings. The number of esters is 1. The summed E-state index contributed by atoms with van der Waals surface area (Å²) in [5.41, 5.74) is 0.708. The van der Waals surface area contributed by atoms with Crippen molar-refractivity contribution >= 4 is 17.8 Å². The number of benzene rings is 1. The van der Waals surface area contributed by atoms with E-state index in [1.54, 1.807) is 13.8 Å². The van der Waals surface area contributed by atoms with E-state index in [1.165, 1.54) is 29.8 Å². The van der Waals surface area contributed by atoms with Gasteiger partial charge in [-0.25, -0.2) is 4.98 Å². The highest BCUT2D eigenvalue weighted by atomic mass is 19.4. The standard InChI is InChI=1S/C20H22F3N3O5/c1-11-8-13(4-5-15(11)31-16(27)6-7-17-29-12(2)30-17)18(28)25-19-24-10-14(26(19)3)9-20(21,22)23/h4-5,8,10,12,17H,6-7,9H2,1-3H3,(H,24,25,28). The van der Waals surface area contributed by atoms with Gasteiger partial charge in [-0.3, -0.25) is 14.9 Å². The van der Waals surface area contributed by atoms with Crippen LogP contribution in [-0.2, 0) is 27.7 Å². The monoisotopic (exact) mass is 441 g/mol. The first-order valence-electron chi connectivity index (χ1n) is 9.53. The maximum atomic E-state index is 12.6. The van der Waals surface area contributed by atoms with E-state index in [0.717, 1.165) is 6.20 Å². The van der Waals surface area contributed by atoms with Gasteiger partial charge in [0, 0.05) is 24.7 Å². The number of nitrogens with one attached hydrogen (secondary N) is 1. The van der Waals surface area contributed by atoms with Gasteiger partial charge in [0.1, 0.15) is 5.75 Å². The van der Waals surface area contributed by atoms with Crippen molar-refractivity contribution in [3.8, 4) is 5.75 Å². The summed E-state index contributed by atoms with van der Waals surface area (Å²) >= 11 is 0. The third kappa shape index (κ3) is 6.05. The Morgan fingerprint density at radius 2 is 2.00 bits per heavy atom. The summed E-state index contributed by atoms with van der Waals surface area (Å²) < 4.78 is 54.7. The molecule has 1 aliphatic heterocycles. The number of imidazole rings is 1.